The van der Waals surface area contributed by atoms with Crippen LogP contribution in [0.3, 0.4) is 0 Å². The highest BCUT2D eigenvalue weighted by molar-refractivity contribution is 6.30. The maximum Gasteiger partial charge on any atom is 0.208 e. The van der Waals surface area contributed by atoms with Gasteiger partial charge in [-0.05, 0) is 36.2 Å². The molecule has 1 saturated heterocycles. The summed E-state index contributed by atoms with van der Waals surface area (Å²) in [4.78, 5) is 11.5. The Labute approximate surface area is 150 Å². The third-order valence-electron chi connectivity index (χ3n) is 4.45. The Morgan fingerprint density at radius 3 is 2.80 bits per heavy atom. The van der Waals surface area contributed by atoms with Crippen molar-refractivity contribution in [1.29, 1.82) is 0 Å². The van der Waals surface area contributed by atoms with Crippen LogP contribution in [0.4, 0.5) is 10.3 Å². The van der Waals surface area contributed by atoms with Gasteiger partial charge in [-0.15, -0.1) is 0 Å². The van der Waals surface area contributed by atoms with Crippen LogP contribution >= 0.6 is 11.6 Å². The van der Waals surface area contributed by atoms with E-state index in [4.69, 9.17) is 16.6 Å². The molecule has 0 saturated carbocycles. The number of halogens is 2. The number of aromatic nitrogens is 3. The van der Waals surface area contributed by atoms with Gasteiger partial charge in [-0.3, -0.25) is 0 Å². The van der Waals surface area contributed by atoms with Crippen LogP contribution < -0.4 is 10.2 Å². The molecule has 3 aromatic rings. The van der Waals surface area contributed by atoms with Gasteiger partial charge in [0.2, 0.25) is 5.95 Å². The van der Waals surface area contributed by atoms with E-state index < -0.39 is 5.82 Å². The van der Waals surface area contributed by atoms with Crippen molar-refractivity contribution in [2.24, 2.45) is 0 Å². The first-order chi connectivity index (χ1) is 12.1. The molecular formula is C18H19ClFN5. The zero-order valence-electron chi connectivity index (χ0n) is 14.0. The summed E-state index contributed by atoms with van der Waals surface area (Å²) in [5, 5.41) is 3.50. The van der Waals surface area contributed by atoms with Crippen LogP contribution in [0.1, 0.15) is 11.1 Å². The SMILES string of the molecule is Cc1cnc2nc(N3CCNCC3)n(Cc3ccc(F)c(Cl)c3)c2c1. The standard InChI is InChI=1S/C18H19ClFN5/c1-12-8-16-17(22-10-12)23-18(24-6-4-21-5-7-24)25(16)11-13-2-3-15(20)14(19)9-13/h2-3,8-10,21H,4-7,11H2,1H3. The molecule has 0 aliphatic carbocycles. The Hall–Kier alpha value is -2.18. The molecular weight excluding hydrogens is 341 g/mol. The predicted octanol–water partition coefficient (Wildman–Crippen LogP) is 2.99. The summed E-state index contributed by atoms with van der Waals surface area (Å²) < 4.78 is 15.6. The van der Waals surface area contributed by atoms with Crippen molar-refractivity contribution in [3.63, 3.8) is 0 Å². The number of imidazole rings is 1. The molecule has 1 aliphatic rings. The van der Waals surface area contributed by atoms with Crippen LogP contribution in [0.15, 0.2) is 30.5 Å². The summed E-state index contributed by atoms with van der Waals surface area (Å²) in [6.07, 6.45) is 1.83. The molecule has 4 rings (SSSR count). The van der Waals surface area contributed by atoms with E-state index in [9.17, 15) is 4.39 Å². The molecule has 1 aromatic carbocycles. The van der Waals surface area contributed by atoms with Crippen molar-refractivity contribution in [3.05, 3.63) is 52.4 Å². The van der Waals surface area contributed by atoms with E-state index in [1.54, 1.807) is 12.1 Å². The minimum absolute atomic E-state index is 0.139. The van der Waals surface area contributed by atoms with E-state index in [0.717, 1.165) is 54.4 Å². The Balaban J connectivity index is 1.80. The van der Waals surface area contributed by atoms with E-state index in [1.165, 1.54) is 6.07 Å². The number of benzene rings is 1. The summed E-state index contributed by atoms with van der Waals surface area (Å²) in [6.45, 7) is 6.24. The summed E-state index contributed by atoms with van der Waals surface area (Å²) >= 11 is 5.96. The zero-order valence-corrected chi connectivity index (χ0v) is 14.7. The Morgan fingerprint density at radius 2 is 2.04 bits per heavy atom. The fourth-order valence-electron chi connectivity index (χ4n) is 3.18. The number of hydrogen-bond acceptors (Lipinski definition) is 4. The lowest BCUT2D eigenvalue weighted by molar-refractivity contribution is 0.571. The molecule has 0 spiro atoms. The number of aryl methyl sites for hydroxylation is 1. The smallest absolute Gasteiger partial charge is 0.208 e. The average molecular weight is 360 g/mol. The molecule has 0 atom stereocenters. The summed E-state index contributed by atoms with van der Waals surface area (Å²) in [7, 11) is 0. The average Bonchev–Trinajstić information content (AvgIpc) is 2.97. The molecule has 3 heterocycles. The minimum Gasteiger partial charge on any atom is -0.340 e. The van der Waals surface area contributed by atoms with Gasteiger partial charge < -0.3 is 14.8 Å². The van der Waals surface area contributed by atoms with Gasteiger partial charge in [-0.1, -0.05) is 17.7 Å². The molecule has 1 N–H and O–H groups in total. The third-order valence-corrected chi connectivity index (χ3v) is 4.74. The highest BCUT2D eigenvalue weighted by Crippen LogP contribution is 2.25. The monoisotopic (exact) mass is 359 g/mol. The number of hydrogen-bond donors (Lipinski definition) is 1. The van der Waals surface area contributed by atoms with Crippen LogP contribution in [0.5, 0.6) is 0 Å². The number of anilines is 1. The lowest BCUT2D eigenvalue weighted by Gasteiger charge is -2.29. The van der Waals surface area contributed by atoms with Crippen molar-refractivity contribution in [2.45, 2.75) is 13.5 Å². The molecule has 0 amide bonds. The number of rotatable bonds is 3. The molecule has 1 fully saturated rings. The highest BCUT2D eigenvalue weighted by Gasteiger charge is 2.20. The predicted molar refractivity (Wildman–Crippen MR) is 97.9 cm³/mol. The number of nitrogens with one attached hydrogen (secondary N) is 1. The fourth-order valence-corrected chi connectivity index (χ4v) is 3.38. The molecule has 130 valence electrons. The van der Waals surface area contributed by atoms with Gasteiger partial charge in [0.05, 0.1) is 17.1 Å². The molecule has 0 radical (unpaired) electrons. The molecule has 7 heteroatoms. The van der Waals surface area contributed by atoms with Crippen LogP contribution in [0, 0.1) is 12.7 Å². The van der Waals surface area contributed by atoms with Gasteiger partial charge in [-0.25, -0.2) is 9.37 Å². The molecule has 1 aliphatic heterocycles. The minimum atomic E-state index is -0.402. The van der Waals surface area contributed by atoms with Crippen LogP contribution in [0.25, 0.3) is 11.2 Å². The molecule has 2 aromatic heterocycles. The van der Waals surface area contributed by atoms with Gasteiger partial charge in [0.1, 0.15) is 5.82 Å². The van der Waals surface area contributed by atoms with E-state index in [2.05, 4.69) is 25.8 Å². The number of pyridine rings is 1. The number of piperazine rings is 1. The van der Waals surface area contributed by atoms with Gasteiger partial charge >= 0.3 is 0 Å². The van der Waals surface area contributed by atoms with Gasteiger partial charge in [0.25, 0.3) is 0 Å². The summed E-state index contributed by atoms with van der Waals surface area (Å²) in [5.41, 5.74) is 3.72. The van der Waals surface area contributed by atoms with E-state index >= 15 is 0 Å². The normalized spacial score (nSPS) is 15.1. The van der Waals surface area contributed by atoms with Crippen LogP contribution in [-0.2, 0) is 6.54 Å². The third kappa shape index (κ3) is 3.19. The molecule has 0 unspecified atom stereocenters. The molecule has 5 nitrogen and oxygen atoms in total. The molecule has 25 heavy (non-hydrogen) atoms. The first-order valence-corrected chi connectivity index (χ1v) is 8.72. The Kier molecular flexibility index (Phi) is 4.31. The van der Waals surface area contributed by atoms with Crippen molar-refractivity contribution >= 4 is 28.7 Å². The highest BCUT2D eigenvalue weighted by atomic mass is 35.5. The topological polar surface area (TPSA) is 46.0 Å². The second-order valence-corrected chi connectivity index (χ2v) is 6.75. The van der Waals surface area contributed by atoms with Crippen molar-refractivity contribution in [1.82, 2.24) is 19.9 Å². The van der Waals surface area contributed by atoms with Crippen LogP contribution in [0.2, 0.25) is 5.02 Å². The quantitative estimate of drug-likeness (QED) is 0.781. The number of nitrogens with zero attached hydrogens (tertiary/aromatic N) is 4. The second-order valence-electron chi connectivity index (χ2n) is 6.34. The van der Waals surface area contributed by atoms with Gasteiger partial charge in [0.15, 0.2) is 5.65 Å². The molecule has 0 bridgehead atoms. The van der Waals surface area contributed by atoms with Crippen molar-refractivity contribution in [3.8, 4) is 0 Å². The van der Waals surface area contributed by atoms with E-state index in [-0.39, 0.29) is 5.02 Å². The largest absolute Gasteiger partial charge is 0.340 e. The zero-order chi connectivity index (χ0) is 17.4. The Bertz CT molecular complexity index is 917. The summed E-state index contributed by atoms with van der Waals surface area (Å²) in [6, 6.07) is 6.93. The van der Waals surface area contributed by atoms with Crippen molar-refractivity contribution in [2.75, 3.05) is 31.1 Å². The lowest BCUT2D eigenvalue weighted by atomic mass is 10.2. The fraction of sp³-hybridized carbons (Fsp3) is 0.333. The van der Waals surface area contributed by atoms with Gasteiger partial charge in [0, 0.05) is 32.4 Å². The summed E-state index contributed by atoms with van der Waals surface area (Å²) in [5.74, 6) is 0.496. The maximum atomic E-state index is 13.5. The second kappa shape index (κ2) is 6.61. The first kappa shape index (κ1) is 16.3. The van der Waals surface area contributed by atoms with Crippen LogP contribution in [-0.4, -0.2) is 40.7 Å². The van der Waals surface area contributed by atoms with Crippen molar-refractivity contribution < 1.29 is 4.39 Å². The number of fused-ring (bicyclic) bond motifs is 1. The first-order valence-electron chi connectivity index (χ1n) is 8.34. The van der Waals surface area contributed by atoms with E-state index in [1.807, 2.05) is 13.1 Å². The maximum absolute atomic E-state index is 13.5. The van der Waals surface area contributed by atoms with E-state index in [0.29, 0.717) is 6.54 Å². The lowest BCUT2D eigenvalue weighted by Crippen LogP contribution is -2.44. The van der Waals surface area contributed by atoms with Gasteiger partial charge in [-0.2, -0.15) is 4.98 Å². The Morgan fingerprint density at radius 1 is 1.24 bits per heavy atom.